The molecule has 1 aromatic heterocycles. The molecule has 8 heteroatoms. The van der Waals surface area contributed by atoms with Crippen molar-refractivity contribution in [2.75, 3.05) is 19.6 Å². The molecule has 1 saturated heterocycles. The molecule has 3 N–H and O–H groups in total. The second kappa shape index (κ2) is 7.57. The fourth-order valence-electron chi connectivity index (χ4n) is 3.02. The zero-order valence-electron chi connectivity index (χ0n) is 14.4. The first kappa shape index (κ1) is 18.1. The maximum atomic E-state index is 12.6. The van der Waals surface area contributed by atoms with Gasteiger partial charge in [-0.25, -0.2) is 4.98 Å². The van der Waals surface area contributed by atoms with E-state index in [1.54, 1.807) is 11.8 Å². The fraction of sp³-hybridized carbons (Fsp3) is 0.625. The number of H-pyrrole nitrogens is 1. The van der Waals surface area contributed by atoms with Crippen molar-refractivity contribution in [2.45, 2.75) is 45.7 Å². The van der Waals surface area contributed by atoms with E-state index in [1.165, 1.54) is 11.1 Å². The molecule has 0 radical (unpaired) electrons. The van der Waals surface area contributed by atoms with E-state index in [9.17, 15) is 14.4 Å². The molecule has 2 amide bonds. The number of likely N-dealkylation sites (N-methyl/N-ethyl adjacent to an activating group) is 1. The lowest BCUT2D eigenvalue weighted by molar-refractivity contribution is -0.143. The van der Waals surface area contributed by atoms with Crippen LogP contribution in [0.4, 0.5) is 0 Å². The third-order valence-electron chi connectivity index (χ3n) is 4.36. The average Bonchev–Trinajstić information content (AvgIpc) is 2.93. The number of aromatic amines is 1. The highest BCUT2D eigenvalue weighted by Gasteiger charge is 2.39. The lowest BCUT2D eigenvalue weighted by Crippen LogP contribution is -2.48. The fourth-order valence-corrected chi connectivity index (χ4v) is 3.02. The number of carbonyl (C=O) groups is 2. The summed E-state index contributed by atoms with van der Waals surface area (Å²) in [5.41, 5.74) is 5.94. The lowest BCUT2D eigenvalue weighted by Gasteiger charge is -2.28. The molecule has 1 aromatic rings. The molecular weight excluding hydrogens is 310 g/mol. The van der Waals surface area contributed by atoms with Gasteiger partial charge in [0.05, 0.1) is 6.42 Å². The highest BCUT2D eigenvalue weighted by molar-refractivity contribution is 5.89. The molecule has 1 aliphatic rings. The molecule has 0 unspecified atom stereocenters. The molecule has 0 bridgehead atoms. The predicted molar refractivity (Wildman–Crippen MR) is 89.3 cm³/mol. The molecule has 0 aromatic carbocycles. The van der Waals surface area contributed by atoms with Crippen LogP contribution in [0.1, 0.15) is 31.7 Å². The Balaban J connectivity index is 2.16. The van der Waals surface area contributed by atoms with Crippen molar-refractivity contribution in [3.05, 3.63) is 27.9 Å². The summed E-state index contributed by atoms with van der Waals surface area (Å²) in [6, 6.07) is -0.780. The molecule has 132 valence electrons. The third kappa shape index (κ3) is 3.81. The number of amides is 2. The normalized spacial score (nSPS) is 20.2. The molecule has 8 nitrogen and oxygen atoms in total. The summed E-state index contributed by atoms with van der Waals surface area (Å²) >= 11 is 0. The second-order valence-electron chi connectivity index (χ2n) is 6.07. The van der Waals surface area contributed by atoms with Crippen LogP contribution in [0.5, 0.6) is 0 Å². The number of hydrogen-bond donors (Lipinski definition) is 2. The summed E-state index contributed by atoms with van der Waals surface area (Å²) in [5.74, 6) is 0.135. The Kier molecular flexibility index (Phi) is 5.71. The number of carbonyl (C=O) groups excluding carboxylic acids is 2. The molecule has 1 aliphatic heterocycles. The Morgan fingerprint density at radius 2 is 2.08 bits per heavy atom. The number of nitrogens with zero attached hydrogens (tertiary/aromatic N) is 3. The van der Waals surface area contributed by atoms with Gasteiger partial charge in [-0.05, 0) is 27.2 Å². The first-order valence-electron chi connectivity index (χ1n) is 8.26. The zero-order chi connectivity index (χ0) is 17.9. The van der Waals surface area contributed by atoms with Crippen molar-refractivity contribution in [1.82, 2.24) is 19.8 Å². The van der Waals surface area contributed by atoms with Gasteiger partial charge in [0.2, 0.25) is 11.8 Å². The largest absolute Gasteiger partial charge is 0.341 e. The van der Waals surface area contributed by atoms with Crippen LogP contribution in [-0.4, -0.2) is 63.3 Å². The number of likely N-dealkylation sites (tertiary alicyclic amines) is 1. The van der Waals surface area contributed by atoms with Gasteiger partial charge >= 0.3 is 0 Å². The van der Waals surface area contributed by atoms with Crippen LogP contribution in [0.3, 0.4) is 0 Å². The van der Waals surface area contributed by atoms with Gasteiger partial charge < -0.3 is 20.5 Å². The number of hydrogen-bond acceptors (Lipinski definition) is 5. The second-order valence-corrected chi connectivity index (χ2v) is 6.07. The van der Waals surface area contributed by atoms with Gasteiger partial charge in [-0.2, -0.15) is 0 Å². The van der Waals surface area contributed by atoms with Crippen molar-refractivity contribution in [1.29, 1.82) is 0 Å². The molecular formula is C16H25N5O3. The summed E-state index contributed by atoms with van der Waals surface area (Å²) in [5, 5.41) is 0. The van der Waals surface area contributed by atoms with Gasteiger partial charge in [0, 0.05) is 37.4 Å². The van der Waals surface area contributed by atoms with Crippen LogP contribution < -0.4 is 11.3 Å². The summed E-state index contributed by atoms with van der Waals surface area (Å²) in [7, 11) is 0. The van der Waals surface area contributed by atoms with Gasteiger partial charge in [0.25, 0.3) is 5.56 Å². The number of aromatic nitrogens is 2. The van der Waals surface area contributed by atoms with Crippen LogP contribution in [0.15, 0.2) is 11.0 Å². The maximum Gasteiger partial charge on any atom is 0.254 e. The summed E-state index contributed by atoms with van der Waals surface area (Å²) in [6.07, 6.45) is 1.77. The van der Waals surface area contributed by atoms with E-state index < -0.39 is 6.04 Å². The van der Waals surface area contributed by atoms with E-state index in [0.717, 1.165) is 0 Å². The molecule has 0 saturated carbocycles. The van der Waals surface area contributed by atoms with Crippen molar-refractivity contribution < 1.29 is 9.59 Å². The molecule has 0 aliphatic carbocycles. The van der Waals surface area contributed by atoms with Crippen LogP contribution in [-0.2, 0) is 16.0 Å². The molecule has 2 rings (SSSR count). The van der Waals surface area contributed by atoms with E-state index in [1.807, 2.05) is 13.8 Å². The number of rotatable bonds is 5. The minimum absolute atomic E-state index is 0.0859. The van der Waals surface area contributed by atoms with E-state index in [4.69, 9.17) is 5.73 Å². The molecule has 24 heavy (non-hydrogen) atoms. The lowest BCUT2D eigenvalue weighted by atomic mass is 10.1. The van der Waals surface area contributed by atoms with Gasteiger partial charge in [-0.1, -0.05) is 0 Å². The van der Waals surface area contributed by atoms with Gasteiger partial charge in [0.1, 0.15) is 11.9 Å². The highest BCUT2D eigenvalue weighted by Crippen LogP contribution is 2.20. The Labute approximate surface area is 141 Å². The SMILES string of the molecule is CCN(CC)C(=O)[C@@H]1C[C@H](N)CN1C(=O)Cc1cnc(C)[nH]c1=O. The minimum atomic E-state index is -0.551. The quantitative estimate of drug-likeness (QED) is 0.747. The molecule has 0 spiro atoms. The Bertz CT molecular complexity index is 668. The Morgan fingerprint density at radius 1 is 1.42 bits per heavy atom. The predicted octanol–water partition coefficient (Wildman–Crippen LogP) is -0.583. The van der Waals surface area contributed by atoms with Crippen LogP contribution in [0.25, 0.3) is 0 Å². The first-order valence-corrected chi connectivity index (χ1v) is 8.26. The summed E-state index contributed by atoms with van der Waals surface area (Å²) < 4.78 is 0. The molecule has 2 heterocycles. The topological polar surface area (TPSA) is 112 Å². The number of nitrogens with one attached hydrogen (secondary N) is 1. The Morgan fingerprint density at radius 3 is 2.67 bits per heavy atom. The van der Waals surface area contributed by atoms with Gasteiger partial charge in [-0.3, -0.25) is 14.4 Å². The molecule has 1 fully saturated rings. The zero-order valence-corrected chi connectivity index (χ0v) is 14.4. The molecule has 2 atom stereocenters. The first-order chi connectivity index (χ1) is 11.4. The van der Waals surface area contributed by atoms with E-state index >= 15 is 0 Å². The highest BCUT2D eigenvalue weighted by atomic mass is 16.2. The Hall–Kier alpha value is -2.22. The average molecular weight is 335 g/mol. The maximum absolute atomic E-state index is 12.6. The van der Waals surface area contributed by atoms with E-state index in [2.05, 4.69) is 9.97 Å². The van der Waals surface area contributed by atoms with Crippen molar-refractivity contribution in [2.24, 2.45) is 5.73 Å². The summed E-state index contributed by atoms with van der Waals surface area (Å²) in [4.78, 5) is 47.0. The van der Waals surface area contributed by atoms with E-state index in [0.29, 0.717) is 37.4 Å². The number of nitrogens with two attached hydrogens (primary N) is 1. The summed E-state index contributed by atoms with van der Waals surface area (Å²) in [6.45, 7) is 6.98. The van der Waals surface area contributed by atoms with Crippen molar-refractivity contribution in [3.8, 4) is 0 Å². The van der Waals surface area contributed by atoms with Crippen molar-refractivity contribution in [3.63, 3.8) is 0 Å². The van der Waals surface area contributed by atoms with Crippen LogP contribution >= 0.6 is 0 Å². The van der Waals surface area contributed by atoms with Gasteiger partial charge in [-0.15, -0.1) is 0 Å². The standard InChI is InChI=1S/C16H25N5O3/c1-4-20(5-2)16(24)13-7-12(17)9-21(13)14(22)6-11-8-18-10(3)19-15(11)23/h8,12-13H,4-7,9,17H2,1-3H3,(H,18,19,23)/t12-,13-/m0/s1. The van der Waals surface area contributed by atoms with Crippen molar-refractivity contribution >= 4 is 11.8 Å². The van der Waals surface area contributed by atoms with Gasteiger partial charge in [0.15, 0.2) is 0 Å². The monoisotopic (exact) mass is 335 g/mol. The van der Waals surface area contributed by atoms with E-state index in [-0.39, 0.29) is 29.8 Å². The number of aryl methyl sites for hydroxylation is 1. The van der Waals surface area contributed by atoms with Crippen LogP contribution in [0, 0.1) is 6.92 Å². The van der Waals surface area contributed by atoms with Crippen LogP contribution in [0.2, 0.25) is 0 Å². The minimum Gasteiger partial charge on any atom is -0.341 e. The smallest absolute Gasteiger partial charge is 0.254 e. The third-order valence-corrected chi connectivity index (χ3v) is 4.36.